The largest absolute Gasteiger partial charge is 0.447 e. The van der Waals surface area contributed by atoms with E-state index in [1.54, 1.807) is 0 Å². The fourth-order valence-corrected chi connectivity index (χ4v) is 3.01. The van der Waals surface area contributed by atoms with Crippen molar-refractivity contribution in [3.05, 3.63) is 35.9 Å². The molecule has 2 amide bonds. The predicted molar refractivity (Wildman–Crippen MR) is 90.1 cm³/mol. The molecular weight excluding hydrogens is 290 g/mol. The zero-order valence-electron chi connectivity index (χ0n) is 14.2. The Kier molecular flexibility index (Phi) is 6.63. The molecule has 0 aromatic heterocycles. The van der Waals surface area contributed by atoms with Crippen LogP contribution >= 0.6 is 0 Å². The third kappa shape index (κ3) is 4.81. The lowest BCUT2D eigenvalue weighted by Crippen LogP contribution is -2.43. The number of unbranched alkanes of at least 4 members (excludes halogenated alkanes) is 3. The van der Waals surface area contributed by atoms with Gasteiger partial charge in [-0.2, -0.15) is 0 Å². The van der Waals surface area contributed by atoms with Gasteiger partial charge in [0.25, 0.3) is 0 Å². The molecule has 0 bridgehead atoms. The van der Waals surface area contributed by atoms with Crippen molar-refractivity contribution in [2.24, 2.45) is 5.92 Å². The number of hydrogen-bond donors (Lipinski definition) is 0. The van der Waals surface area contributed by atoms with Crippen molar-refractivity contribution >= 4 is 12.0 Å². The molecule has 4 nitrogen and oxygen atoms in total. The summed E-state index contributed by atoms with van der Waals surface area (Å²) in [4.78, 5) is 26.0. The lowest BCUT2D eigenvalue weighted by Gasteiger charge is -2.23. The molecular formula is C19H27NO3. The molecule has 0 N–H and O–H groups in total. The van der Waals surface area contributed by atoms with Crippen LogP contribution in [0.3, 0.4) is 0 Å². The Morgan fingerprint density at radius 1 is 1.26 bits per heavy atom. The minimum Gasteiger partial charge on any atom is -0.447 e. The number of nitrogens with zero attached hydrogens (tertiary/aromatic N) is 1. The molecule has 0 unspecified atom stereocenters. The molecule has 1 aromatic rings. The fraction of sp³-hybridized carbons (Fsp3) is 0.579. The normalized spacial score (nSPS) is 18.8. The van der Waals surface area contributed by atoms with E-state index in [-0.39, 0.29) is 17.9 Å². The highest BCUT2D eigenvalue weighted by atomic mass is 16.6. The van der Waals surface area contributed by atoms with E-state index >= 15 is 0 Å². The lowest BCUT2D eigenvalue weighted by atomic mass is 9.99. The molecule has 23 heavy (non-hydrogen) atoms. The van der Waals surface area contributed by atoms with Crippen LogP contribution in [-0.4, -0.2) is 29.5 Å². The van der Waals surface area contributed by atoms with E-state index in [9.17, 15) is 9.59 Å². The van der Waals surface area contributed by atoms with Crippen LogP contribution in [0.25, 0.3) is 0 Å². The van der Waals surface area contributed by atoms with Crippen molar-refractivity contribution < 1.29 is 14.3 Å². The third-order valence-corrected chi connectivity index (χ3v) is 4.42. The summed E-state index contributed by atoms with van der Waals surface area (Å²) in [6.07, 6.45) is 5.56. The Bertz CT molecular complexity index is 515. The fourth-order valence-electron chi connectivity index (χ4n) is 3.01. The molecule has 1 aliphatic heterocycles. The second-order valence-corrected chi connectivity index (χ2v) is 6.38. The van der Waals surface area contributed by atoms with Crippen molar-refractivity contribution in [2.45, 2.75) is 58.4 Å². The molecule has 4 heteroatoms. The Morgan fingerprint density at radius 3 is 2.70 bits per heavy atom. The van der Waals surface area contributed by atoms with Crippen LogP contribution < -0.4 is 0 Å². The Balaban J connectivity index is 1.94. The second-order valence-electron chi connectivity index (χ2n) is 6.38. The van der Waals surface area contributed by atoms with Crippen LogP contribution in [0.1, 0.15) is 51.5 Å². The molecule has 0 aliphatic carbocycles. The van der Waals surface area contributed by atoms with Crippen LogP contribution in [0.5, 0.6) is 0 Å². The van der Waals surface area contributed by atoms with Gasteiger partial charge in [0, 0.05) is 5.92 Å². The maximum Gasteiger partial charge on any atom is 0.416 e. The predicted octanol–water partition coefficient (Wildman–Crippen LogP) is 4.18. The van der Waals surface area contributed by atoms with Gasteiger partial charge < -0.3 is 4.74 Å². The summed E-state index contributed by atoms with van der Waals surface area (Å²) >= 11 is 0. The summed E-state index contributed by atoms with van der Waals surface area (Å²) in [7, 11) is 0. The van der Waals surface area contributed by atoms with E-state index in [0.29, 0.717) is 13.0 Å². The van der Waals surface area contributed by atoms with Gasteiger partial charge in [-0.1, -0.05) is 69.9 Å². The van der Waals surface area contributed by atoms with E-state index in [1.165, 1.54) is 17.7 Å². The van der Waals surface area contributed by atoms with E-state index in [2.05, 4.69) is 6.92 Å². The van der Waals surface area contributed by atoms with E-state index in [1.807, 2.05) is 37.3 Å². The summed E-state index contributed by atoms with van der Waals surface area (Å²) in [5, 5.41) is 0. The zero-order chi connectivity index (χ0) is 16.7. The van der Waals surface area contributed by atoms with Crippen molar-refractivity contribution in [2.75, 3.05) is 6.61 Å². The molecule has 1 aromatic carbocycles. The maximum absolute atomic E-state index is 12.6. The van der Waals surface area contributed by atoms with Gasteiger partial charge in [0.15, 0.2) is 0 Å². The first-order valence-corrected chi connectivity index (χ1v) is 8.67. The van der Waals surface area contributed by atoms with Gasteiger partial charge in [0.05, 0.1) is 6.04 Å². The zero-order valence-corrected chi connectivity index (χ0v) is 14.2. The van der Waals surface area contributed by atoms with Gasteiger partial charge in [-0.25, -0.2) is 9.69 Å². The Morgan fingerprint density at radius 2 is 2.00 bits per heavy atom. The number of imide groups is 1. The number of ether oxygens (including phenoxy) is 1. The Labute approximate surface area is 138 Å². The Hall–Kier alpha value is -1.84. The number of carbonyl (C=O) groups excluding carboxylic acids is 2. The van der Waals surface area contributed by atoms with Gasteiger partial charge in [-0.05, 0) is 18.4 Å². The molecule has 1 saturated heterocycles. The van der Waals surface area contributed by atoms with Crippen molar-refractivity contribution in [3.8, 4) is 0 Å². The highest BCUT2D eigenvalue weighted by Crippen LogP contribution is 2.22. The van der Waals surface area contributed by atoms with E-state index in [4.69, 9.17) is 4.74 Å². The van der Waals surface area contributed by atoms with Gasteiger partial charge >= 0.3 is 6.09 Å². The lowest BCUT2D eigenvalue weighted by molar-refractivity contribution is -0.133. The summed E-state index contributed by atoms with van der Waals surface area (Å²) in [6, 6.07) is 9.74. The minimum absolute atomic E-state index is 0.0927. The van der Waals surface area contributed by atoms with Crippen LogP contribution in [0.4, 0.5) is 4.79 Å². The first-order chi connectivity index (χ1) is 11.1. The summed E-state index contributed by atoms with van der Waals surface area (Å²) in [5.74, 6) is -0.222. The third-order valence-electron chi connectivity index (χ3n) is 4.42. The van der Waals surface area contributed by atoms with Gasteiger partial charge in [-0.15, -0.1) is 0 Å². The van der Waals surface area contributed by atoms with E-state index in [0.717, 1.165) is 24.8 Å². The summed E-state index contributed by atoms with van der Waals surface area (Å²) in [6.45, 7) is 4.38. The number of carbonyl (C=O) groups is 2. The highest BCUT2D eigenvalue weighted by Gasteiger charge is 2.39. The smallest absolute Gasteiger partial charge is 0.416 e. The molecule has 1 aliphatic rings. The van der Waals surface area contributed by atoms with Gasteiger partial charge in [0.2, 0.25) is 5.91 Å². The number of benzene rings is 1. The van der Waals surface area contributed by atoms with Crippen molar-refractivity contribution in [3.63, 3.8) is 0 Å². The topological polar surface area (TPSA) is 46.6 Å². The summed E-state index contributed by atoms with van der Waals surface area (Å²) < 4.78 is 5.13. The monoisotopic (exact) mass is 317 g/mol. The van der Waals surface area contributed by atoms with E-state index < -0.39 is 6.09 Å². The van der Waals surface area contributed by atoms with Crippen LogP contribution in [0.2, 0.25) is 0 Å². The number of amides is 2. The summed E-state index contributed by atoms with van der Waals surface area (Å²) in [5.41, 5.74) is 1.11. The molecule has 2 rings (SSSR count). The van der Waals surface area contributed by atoms with Crippen molar-refractivity contribution in [1.82, 2.24) is 4.90 Å². The maximum atomic E-state index is 12.6. The second kappa shape index (κ2) is 8.70. The van der Waals surface area contributed by atoms with Crippen LogP contribution in [-0.2, 0) is 16.0 Å². The quantitative estimate of drug-likeness (QED) is 0.676. The number of hydrogen-bond acceptors (Lipinski definition) is 3. The molecule has 1 fully saturated rings. The molecule has 0 spiro atoms. The molecule has 1 heterocycles. The average molecular weight is 317 g/mol. The number of rotatable bonds is 8. The highest BCUT2D eigenvalue weighted by molar-refractivity contribution is 5.94. The molecule has 126 valence electrons. The standard InChI is InChI=1S/C19H27NO3/c1-3-4-5-7-10-15(2)18(21)20-17(14-23-19(20)22)13-16-11-8-6-9-12-16/h6,8-9,11-12,15,17H,3-5,7,10,13-14H2,1-2H3/t15-,17+/m1/s1. The minimum atomic E-state index is -0.490. The average Bonchev–Trinajstić information content (AvgIpc) is 2.92. The molecule has 2 atom stereocenters. The first-order valence-electron chi connectivity index (χ1n) is 8.67. The molecule has 0 radical (unpaired) electrons. The number of cyclic esters (lactones) is 1. The first kappa shape index (κ1) is 17.5. The van der Waals surface area contributed by atoms with Gasteiger partial charge in [0.1, 0.15) is 6.61 Å². The van der Waals surface area contributed by atoms with Gasteiger partial charge in [-0.3, -0.25) is 4.79 Å². The SMILES string of the molecule is CCCCCC[C@@H](C)C(=O)N1C(=O)OC[C@@H]1Cc1ccccc1. The molecule has 0 saturated carbocycles. The van der Waals surface area contributed by atoms with Crippen LogP contribution in [0, 0.1) is 5.92 Å². The van der Waals surface area contributed by atoms with Crippen molar-refractivity contribution in [1.29, 1.82) is 0 Å². The van der Waals surface area contributed by atoms with Crippen LogP contribution in [0.15, 0.2) is 30.3 Å².